The van der Waals surface area contributed by atoms with Crippen LogP contribution in [0.5, 0.6) is 11.5 Å². The fourth-order valence-corrected chi connectivity index (χ4v) is 3.51. The topological polar surface area (TPSA) is 95.9 Å². The minimum absolute atomic E-state index is 0.0967. The van der Waals surface area contributed by atoms with Gasteiger partial charge in [0.2, 0.25) is 0 Å². The Morgan fingerprint density at radius 3 is 2.24 bits per heavy atom. The Morgan fingerprint density at radius 1 is 0.818 bits per heavy atom. The van der Waals surface area contributed by atoms with Crippen LogP contribution in [0.1, 0.15) is 21.5 Å². The van der Waals surface area contributed by atoms with Crippen LogP contribution in [-0.2, 0) is 17.8 Å². The van der Waals surface area contributed by atoms with Gasteiger partial charge in [-0.1, -0.05) is 54.6 Å². The Kier molecular flexibility index (Phi) is 6.55. The van der Waals surface area contributed by atoms with Crippen molar-refractivity contribution in [2.75, 3.05) is 0 Å². The molecule has 1 atom stereocenters. The van der Waals surface area contributed by atoms with E-state index in [9.17, 15) is 19.8 Å². The molecule has 3 N–H and O–H groups in total. The lowest BCUT2D eigenvalue weighted by molar-refractivity contribution is -0.139. The predicted octanol–water partition coefficient (Wildman–Crippen LogP) is 4.55. The lowest BCUT2D eigenvalue weighted by Gasteiger charge is -2.15. The van der Waals surface area contributed by atoms with Crippen LogP contribution >= 0.6 is 0 Å². The minimum atomic E-state index is -1.13. The van der Waals surface area contributed by atoms with Gasteiger partial charge in [0.25, 0.3) is 5.91 Å². The second-order valence-electron chi connectivity index (χ2n) is 7.73. The minimum Gasteiger partial charge on any atom is -0.508 e. The highest BCUT2D eigenvalue weighted by Gasteiger charge is 2.21. The monoisotopic (exact) mass is 441 g/mol. The third-order valence-electron chi connectivity index (χ3n) is 5.30. The molecule has 6 heteroatoms. The molecule has 0 unspecified atom stereocenters. The van der Waals surface area contributed by atoms with Gasteiger partial charge >= 0.3 is 5.97 Å². The zero-order valence-electron chi connectivity index (χ0n) is 17.8. The molecule has 0 heterocycles. The molecule has 0 saturated heterocycles. The van der Waals surface area contributed by atoms with Gasteiger partial charge in [0.1, 0.15) is 24.1 Å². The standard InChI is InChI=1S/C27H23NO5/c29-23-11-6-18(7-12-23)14-25(27(31)32)28-26(30)22-9-8-21-16-24(13-10-20(21)15-22)33-17-19-4-2-1-3-5-19/h1-13,15-16,25,29H,14,17H2,(H,28,30)(H,31,32)/t25-/m0/s1. The lowest BCUT2D eigenvalue weighted by atomic mass is 10.0. The third-order valence-corrected chi connectivity index (χ3v) is 5.30. The summed E-state index contributed by atoms with van der Waals surface area (Å²) in [6.07, 6.45) is 0.108. The van der Waals surface area contributed by atoms with E-state index in [-0.39, 0.29) is 12.2 Å². The Morgan fingerprint density at radius 2 is 1.52 bits per heavy atom. The number of carboxylic acids is 1. The molecule has 0 radical (unpaired) electrons. The molecule has 0 aliphatic heterocycles. The number of carbonyl (C=O) groups excluding carboxylic acids is 1. The van der Waals surface area contributed by atoms with Gasteiger partial charge in [-0.05, 0) is 58.3 Å². The zero-order valence-corrected chi connectivity index (χ0v) is 17.8. The Hall–Kier alpha value is -4.32. The van der Waals surface area contributed by atoms with E-state index in [0.717, 1.165) is 22.1 Å². The average molecular weight is 441 g/mol. The molecule has 0 fully saturated rings. The van der Waals surface area contributed by atoms with Crippen molar-refractivity contribution in [1.29, 1.82) is 0 Å². The second kappa shape index (κ2) is 9.87. The summed E-state index contributed by atoms with van der Waals surface area (Å²) in [4.78, 5) is 24.4. The van der Waals surface area contributed by atoms with E-state index in [0.29, 0.717) is 17.7 Å². The maximum absolute atomic E-state index is 12.7. The summed E-state index contributed by atoms with van der Waals surface area (Å²) in [6, 6.07) is 25.8. The number of phenolic OH excluding ortho intramolecular Hbond substituents is 1. The number of hydrogen-bond acceptors (Lipinski definition) is 4. The van der Waals surface area contributed by atoms with Crippen LogP contribution in [0.15, 0.2) is 91.0 Å². The van der Waals surface area contributed by atoms with Gasteiger partial charge in [-0.2, -0.15) is 0 Å². The van der Waals surface area contributed by atoms with Gasteiger partial charge in [0, 0.05) is 12.0 Å². The summed E-state index contributed by atoms with van der Waals surface area (Å²) in [7, 11) is 0. The van der Waals surface area contributed by atoms with E-state index >= 15 is 0 Å². The molecule has 1 amide bonds. The largest absolute Gasteiger partial charge is 0.508 e. The quantitative estimate of drug-likeness (QED) is 0.373. The highest BCUT2D eigenvalue weighted by atomic mass is 16.5. The predicted molar refractivity (Wildman–Crippen MR) is 125 cm³/mol. The molecular weight excluding hydrogens is 418 g/mol. The number of amides is 1. The van der Waals surface area contributed by atoms with Crippen LogP contribution in [-0.4, -0.2) is 28.1 Å². The van der Waals surface area contributed by atoms with Crippen molar-refractivity contribution in [2.24, 2.45) is 0 Å². The number of ether oxygens (including phenoxy) is 1. The summed E-state index contributed by atoms with van der Waals surface area (Å²) in [6.45, 7) is 0.463. The Balaban J connectivity index is 1.44. The summed E-state index contributed by atoms with van der Waals surface area (Å²) in [5.41, 5.74) is 2.14. The van der Waals surface area contributed by atoms with Crippen LogP contribution in [0.2, 0.25) is 0 Å². The van der Waals surface area contributed by atoms with Gasteiger partial charge in [0.05, 0.1) is 0 Å². The van der Waals surface area contributed by atoms with E-state index in [1.807, 2.05) is 54.6 Å². The molecule has 4 aromatic rings. The summed E-state index contributed by atoms with van der Waals surface area (Å²) >= 11 is 0. The summed E-state index contributed by atoms with van der Waals surface area (Å²) in [5.74, 6) is -0.771. The number of nitrogens with one attached hydrogen (secondary N) is 1. The number of aromatic hydroxyl groups is 1. The SMILES string of the molecule is O=C(N[C@@H](Cc1ccc(O)cc1)C(=O)O)c1ccc2cc(OCc3ccccc3)ccc2c1. The molecule has 0 aliphatic carbocycles. The van der Waals surface area contributed by atoms with Crippen molar-refractivity contribution in [3.05, 3.63) is 108 Å². The van der Waals surface area contributed by atoms with Crippen LogP contribution in [0.25, 0.3) is 10.8 Å². The van der Waals surface area contributed by atoms with E-state index in [1.54, 1.807) is 24.3 Å². The normalized spacial score (nSPS) is 11.6. The van der Waals surface area contributed by atoms with Crippen molar-refractivity contribution in [2.45, 2.75) is 19.1 Å². The van der Waals surface area contributed by atoms with Crippen molar-refractivity contribution in [1.82, 2.24) is 5.32 Å². The fourth-order valence-electron chi connectivity index (χ4n) is 3.51. The van der Waals surface area contributed by atoms with Crippen molar-refractivity contribution in [3.8, 4) is 11.5 Å². The molecule has 166 valence electrons. The van der Waals surface area contributed by atoms with Crippen LogP contribution in [0.4, 0.5) is 0 Å². The number of carboxylic acid groups (broad SMARTS) is 1. The summed E-state index contributed by atoms with van der Waals surface area (Å²) in [5, 5.41) is 23.3. The number of aliphatic carboxylic acids is 1. The van der Waals surface area contributed by atoms with Crippen LogP contribution < -0.4 is 10.1 Å². The smallest absolute Gasteiger partial charge is 0.326 e. The first-order valence-corrected chi connectivity index (χ1v) is 10.5. The molecule has 0 aromatic heterocycles. The molecule has 4 rings (SSSR count). The van der Waals surface area contributed by atoms with Gasteiger partial charge in [-0.25, -0.2) is 4.79 Å². The van der Waals surface area contributed by atoms with Crippen LogP contribution in [0.3, 0.4) is 0 Å². The first kappa shape index (κ1) is 21.9. The Labute approximate surface area is 191 Å². The average Bonchev–Trinajstić information content (AvgIpc) is 2.83. The number of hydrogen-bond donors (Lipinski definition) is 3. The molecule has 0 spiro atoms. The van der Waals surface area contributed by atoms with E-state index in [4.69, 9.17) is 4.74 Å². The highest BCUT2D eigenvalue weighted by Crippen LogP contribution is 2.23. The lowest BCUT2D eigenvalue weighted by Crippen LogP contribution is -2.42. The third kappa shape index (κ3) is 5.68. The fraction of sp³-hybridized carbons (Fsp3) is 0.111. The first-order valence-electron chi connectivity index (χ1n) is 10.5. The molecule has 6 nitrogen and oxygen atoms in total. The molecule has 4 aromatic carbocycles. The molecule has 0 saturated carbocycles. The number of phenols is 1. The van der Waals surface area contributed by atoms with E-state index in [1.165, 1.54) is 12.1 Å². The Bertz CT molecular complexity index is 1270. The van der Waals surface area contributed by atoms with Gasteiger partial charge in [-0.3, -0.25) is 4.79 Å². The van der Waals surface area contributed by atoms with Crippen molar-refractivity contribution < 1.29 is 24.5 Å². The van der Waals surface area contributed by atoms with Crippen LogP contribution in [0, 0.1) is 0 Å². The van der Waals surface area contributed by atoms with Crippen molar-refractivity contribution >= 4 is 22.6 Å². The van der Waals surface area contributed by atoms with E-state index < -0.39 is 17.9 Å². The second-order valence-corrected chi connectivity index (χ2v) is 7.73. The first-order chi connectivity index (χ1) is 16.0. The number of fused-ring (bicyclic) bond motifs is 1. The summed E-state index contributed by atoms with van der Waals surface area (Å²) < 4.78 is 5.86. The molecular formula is C27H23NO5. The van der Waals surface area contributed by atoms with Gasteiger partial charge < -0.3 is 20.3 Å². The van der Waals surface area contributed by atoms with Gasteiger partial charge in [0.15, 0.2) is 0 Å². The highest BCUT2D eigenvalue weighted by molar-refractivity contribution is 6.00. The number of benzene rings is 4. The molecule has 0 bridgehead atoms. The zero-order chi connectivity index (χ0) is 23.2. The van der Waals surface area contributed by atoms with Crippen molar-refractivity contribution in [3.63, 3.8) is 0 Å². The van der Waals surface area contributed by atoms with E-state index in [2.05, 4.69) is 5.32 Å². The molecule has 33 heavy (non-hydrogen) atoms. The maximum Gasteiger partial charge on any atom is 0.326 e. The maximum atomic E-state index is 12.7. The number of rotatable bonds is 8. The van der Waals surface area contributed by atoms with Gasteiger partial charge in [-0.15, -0.1) is 0 Å². The molecule has 0 aliphatic rings. The number of carbonyl (C=O) groups is 2.